The Morgan fingerprint density at radius 1 is 1.12 bits per heavy atom. The topological polar surface area (TPSA) is 53.4 Å². The van der Waals surface area contributed by atoms with Gasteiger partial charge in [0.25, 0.3) is 5.56 Å². The summed E-state index contributed by atoms with van der Waals surface area (Å²) in [6.07, 6.45) is 2.88. The minimum Gasteiger partial charge on any atom is -0.493 e. The number of benzene rings is 2. The Morgan fingerprint density at radius 3 is 2.72 bits per heavy atom. The highest BCUT2D eigenvalue weighted by Crippen LogP contribution is 2.34. The number of methoxy groups -OCH3 is 1. The molecule has 0 N–H and O–H groups in total. The molecule has 0 fully saturated rings. The predicted molar refractivity (Wildman–Crippen MR) is 130 cm³/mol. The van der Waals surface area contributed by atoms with E-state index in [1.807, 2.05) is 66.9 Å². The average molecular weight is 445 g/mol. The molecule has 1 aliphatic heterocycles. The molecular formula is C26H24N2O3S. The summed E-state index contributed by atoms with van der Waals surface area (Å²) in [4.78, 5) is 19.9. The van der Waals surface area contributed by atoms with Crippen LogP contribution in [0.15, 0.2) is 53.3 Å². The van der Waals surface area contributed by atoms with E-state index in [1.54, 1.807) is 18.4 Å². The van der Waals surface area contributed by atoms with Crippen molar-refractivity contribution in [3.8, 4) is 11.5 Å². The molecule has 0 bridgehead atoms. The van der Waals surface area contributed by atoms with Gasteiger partial charge in [0.2, 0.25) is 0 Å². The number of aryl methyl sites for hydroxylation is 2. The van der Waals surface area contributed by atoms with Crippen LogP contribution in [0.1, 0.15) is 33.8 Å². The molecule has 3 heterocycles. The van der Waals surface area contributed by atoms with E-state index >= 15 is 0 Å². The molecule has 0 saturated heterocycles. The molecule has 2 aromatic carbocycles. The van der Waals surface area contributed by atoms with Crippen LogP contribution in [-0.2, 0) is 13.2 Å². The maximum Gasteiger partial charge on any atom is 0.262 e. The van der Waals surface area contributed by atoms with Gasteiger partial charge in [0.15, 0.2) is 11.5 Å². The van der Waals surface area contributed by atoms with Gasteiger partial charge in [-0.3, -0.25) is 9.36 Å². The normalized spacial score (nSPS) is 14.2. The summed E-state index contributed by atoms with van der Waals surface area (Å²) in [6, 6.07) is 15.9. The van der Waals surface area contributed by atoms with Gasteiger partial charge in [0.05, 0.1) is 12.5 Å². The first-order valence-corrected chi connectivity index (χ1v) is 11.4. The summed E-state index contributed by atoms with van der Waals surface area (Å²) in [5.41, 5.74) is 4.27. The van der Waals surface area contributed by atoms with Crippen molar-refractivity contribution in [2.75, 3.05) is 7.11 Å². The Kier molecular flexibility index (Phi) is 5.31. The monoisotopic (exact) mass is 444 g/mol. The number of rotatable bonds is 5. The van der Waals surface area contributed by atoms with Gasteiger partial charge in [0, 0.05) is 11.4 Å². The third-order valence-electron chi connectivity index (χ3n) is 5.95. The highest BCUT2D eigenvalue weighted by Gasteiger charge is 2.23. The highest BCUT2D eigenvalue weighted by molar-refractivity contribution is 7.18. The third-order valence-corrected chi connectivity index (χ3v) is 7.05. The van der Waals surface area contributed by atoms with E-state index in [4.69, 9.17) is 14.5 Å². The highest BCUT2D eigenvalue weighted by atomic mass is 32.1. The lowest BCUT2D eigenvalue weighted by molar-refractivity contribution is 0.284. The molecule has 4 aromatic rings. The third kappa shape index (κ3) is 3.60. The van der Waals surface area contributed by atoms with Crippen molar-refractivity contribution in [3.63, 3.8) is 0 Å². The van der Waals surface area contributed by atoms with Crippen LogP contribution in [0.25, 0.3) is 21.9 Å². The SMILES string of the molecule is COc1cc(/C=C2\CCn3c2nc2sc(C)c(C)c2c3=O)ccc1OCc1ccccc1. The van der Waals surface area contributed by atoms with Crippen LogP contribution in [0, 0.1) is 13.8 Å². The van der Waals surface area contributed by atoms with Crippen molar-refractivity contribution in [2.45, 2.75) is 33.4 Å². The average Bonchev–Trinajstić information content (AvgIpc) is 3.34. The van der Waals surface area contributed by atoms with Gasteiger partial charge in [-0.15, -0.1) is 11.3 Å². The molecular weight excluding hydrogens is 420 g/mol. The Labute approximate surface area is 190 Å². The van der Waals surface area contributed by atoms with Crippen LogP contribution in [0.5, 0.6) is 11.5 Å². The Hall–Kier alpha value is -3.38. The number of allylic oxidation sites excluding steroid dienone is 1. The van der Waals surface area contributed by atoms with Crippen LogP contribution in [0.2, 0.25) is 0 Å². The van der Waals surface area contributed by atoms with Gasteiger partial charge < -0.3 is 9.47 Å². The van der Waals surface area contributed by atoms with E-state index in [-0.39, 0.29) is 5.56 Å². The van der Waals surface area contributed by atoms with Gasteiger partial charge in [-0.25, -0.2) is 4.98 Å². The van der Waals surface area contributed by atoms with Gasteiger partial charge in [-0.2, -0.15) is 0 Å². The maximum absolute atomic E-state index is 13.1. The number of nitrogens with zero attached hydrogens (tertiary/aromatic N) is 2. The van der Waals surface area contributed by atoms with Crippen molar-refractivity contribution in [1.29, 1.82) is 0 Å². The molecule has 0 aliphatic carbocycles. The molecule has 5 nitrogen and oxygen atoms in total. The number of ether oxygens (including phenoxy) is 2. The van der Waals surface area contributed by atoms with E-state index in [0.717, 1.165) is 49.6 Å². The summed E-state index contributed by atoms with van der Waals surface area (Å²) in [5, 5.41) is 0.763. The van der Waals surface area contributed by atoms with Gasteiger partial charge >= 0.3 is 0 Å². The number of hydrogen-bond acceptors (Lipinski definition) is 5. The molecule has 0 amide bonds. The minimum atomic E-state index is 0.0671. The second-order valence-corrected chi connectivity index (χ2v) is 9.16. The lowest BCUT2D eigenvalue weighted by atomic mass is 10.1. The van der Waals surface area contributed by atoms with E-state index in [9.17, 15) is 4.79 Å². The quantitative estimate of drug-likeness (QED) is 0.402. The predicted octanol–water partition coefficient (Wildman–Crippen LogP) is 5.61. The molecule has 0 unspecified atom stereocenters. The second-order valence-electron chi connectivity index (χ2n) is 7.96. The van der Waals surface area contributed by atoms with Gasteiger partial charge in [-0.05, 0) is 60.7 Å². The Balaban J connectivity index is 1.46. The zero-order valence-corrected chi connectivity index (χ0v) is 19.2. The van der Waals surface area contributed by atoms with Gasteiger partial charge in [0.1, 0.15) is 17.3 Å². The summed E-state index contributed by atoms with van der Waals surface area (Å²) < 4.78 is 13.4. The summed E-state index contributed by atoms with van der Waals surface area (Å²) in [7, 11) is 1.64. The molecule has 2 aromatic heterocycles. The van der Waals surface area contributed by atoms with Crippen molar-refractivity contribution in [3.05, 3.63) is 86.3 Å². The molecule has 0 atom stereocenters. The number of hydrogen-bond donors (Lipinski definition) is 0. The molecule has 162 valence electrons. The largest absolute Gasteiger partial charge is 0.493 e. The fraction of sp³-hybridized carbons (Fsp3) is 0.231. The first-order chi connectivity index (χ1) is 15.5. The van der Waals surface area contributed by atoms with E-state index in [0.29, 0.717) is 24.7 Å². The molecule has 5 rings (SSSR count). The van der Waals surface area contributed by atoms with Gasteiger partial charge in [-0.1, -0.05) is 36.4 Å². The molecule has 1 aliphatic rings. The second kappa shape index (κ2) is 8.28. The first kappa shape index (κ1) is 20.5. The first-order valence-electron chi connectivity index (χ1n) is 10.6. The molecule has 0 spiro atoms. The zero-order valence-electron chi connectivity index (χ0n) is 18.3. The van der Waals surface area contributed by atoms with Crippen LogP contribution in [-0.4, -0.2) is 16.7 Å². The van der Waals surface area contributed by atoms with Crippen molar-refractivity contribution < 1.29 is 9.47 Å². The summed E-state index contributed by atoms with van der Waals surface area (Å²) >= 11 is 1.59. The zero-order chi connectivity index (χ0) is 22.2. The smallest absolute Gasteiger partial charge is 0.262 e. The Bertz CT molecular complexity index is 1400. The Morgan fingerprint density at radius 2 is 1.94 bits per heavy atom. The molecule has 6 heteroatoms. The summed E-state index contributed by atoms with van der Waals surface area (Å²) in [6.45, 7) is 5.19. The van der Waals surface area contributed by atoms with Crippen LogP contribution >= 0.6 is 11.3 Å². The number of aromatic nitrogens is 2. The van der Waals surface area contributed by atoms with Crippen LogP contribution < -0.4 is 15.0 Å². The standard InChI is InChI=1S/C26H24N2O3S/c1-16-17(2)32-25-23(16)26(29)28-12-11-20(24(28)27-25)13-19-9-10-21(22(14-19)30-3)31-15-18-7-5-4-6-8-18/h4-10,13-14H,11-12,15H2,1-3H3/b20-13+. The molecule has 0 radical (unpaired) electrons. The molecule has 32 heavy (non-hydrogen) atoms. The maximum atomic E-state index is 13.1. The fourth-order valence-electron chi connectivity index (χ4n) is 4.09. The summed E-state index contributed by atoms with van der Waals surface area (Å²) in [5.74, 6) is 2.15. The van der Waals surface area contributed by atoms with E-state index in [1.165, 1.54) is 0 Å². The van der Waals surface area contributed by atoms with Crippen LogP contribution in [0.4, 0.5) is 0 Å². The van der Waals surface area contributed by atoms with Crippen molar-refractivity contribution in [2.24, 2.45) is 0 Å². The number of thiophene rings is 1. The van der Waals surface area contributed by atoms with Crippen molar-refractivity contribution in [1.82, 2.24) is 9.55 Å². The lowest BCUT2D eigenvalue weighted by Crippen LogP contribution is -2.20. The lowest BCUT2D eigenvalue weighted by Gasteiger charge is -2.12. The van der Waals surface area contributed by atoms with Crippen LogP contribution in [0.3, 0.4) is 0 Å². The van der Waals surface area contributed by atoms with Crippen molar-refractivity contribution >= 4 is 33.2 Å². The van der Waals surface area contributed by atoms with E-state index in [2.05, 4.69) is 6.08 Å². The number of fused-ring (bicyclic) bond motifs is 2. The minimum absolute atomic E-state index is 0.0671. The molecule has 0 saturated carbocycles. The van der Waals surface area contributed by atoms with E-state index < -0.39 is 0 Å². The fourth-order valence-corrected chi connectivity index (χ4v) is 5.11.